The molecule has 0 aromatic carbocycles. The number of hydrogen-bond acceptors (Lipinski definition) is 3. The van der Waals surface area contributed by atoms with Crippen molar-refractivity contribution in [3.63, 3.8) is 0 Å². The first-order valence-electron chi connectivity index (χ1n) is 8.02. The summed E-state index contributed by atoms with van der Waals surface area (Å²) in [5.41, 5.74) is 6.44. The predicted molar refractivity (Wildman–Crippen MR) is 82.3 cm³/mol. The van der Waals surface area contributed by atoms with Gasteiger partial charge in [-0.1, -0.05) is 40.0 Å². The van der Waals surface area contributed by atoms with Crippen LogP contribution < -0.4 is 5.73 Å². The van der Waals surface area contributed by atoms with E-state index in [0.29, 0.717) is 5.92 Å². The first kappa shape index (κ1) is 16.9. The zero-order valence-electron chi connectivity index (χ0n) is 13.5. The van der Waals surface area contributed by atoms with Gasteiger partial charge in [-0.2, -0.15) is 0 Å². The van der Waals surface area contributed by atoms with Gasteiger partial charge < -0.3 is 10.5 Å². The topological polar surface area (TPSA) is 38.5 Å². The maximum atomic E-state index is 6.22. The molecule has 3 heteroatoms. The number of hydrogen-bond donors (Lipinski definition) is 1. The Balaban J connectivity index is 2.79. The number of nitrogens with zero attached hydrogens (tertiary/aromatic N) is 1. The van der Waals surface area contributed by atoms with Gasteiger partial charge in [-0.15, -0.1) is 0 Å². The standard InChI is InChI=1S/C16H34N2O/c1-5-15-7-6-8-16(11-15,13-17)18(9-10-19-4)12-14(2)3/h14-15H,5-13,17H2,1-4H3. The molecule has 114 valence electrons. The molecule has 1 fully saturated rings. The van der Waals surface area contributed by atoms with Crippen LogP contribution in [-0.4, -0.2) is 43.8 Å². The molecule has 0 aromatic rings. The summed E-state index contributed by atoms with van der Waals surface area (Å²) >= 11 is 0. The average Bonchev–Trinajstić information content (AvgIpc) is 2.42. The van der Waals surface area contributed by atoms with Crippen LogP contribution in [0, 0.1) is 11.8 Å². The zero-order valence-corrected chi connectivity index (χ0v) is 13.5. The highest BCUT2D eigenvalue weighted by molar-refractivity contribution is 4.96. The minimum atomic E-state index is 0.224. The quantitative estimate of drug-likeness (QED) is 0.737. The van der Waals surface area contributed by atoms with Crippen molar-refractivity contribution in [3.8, 4) is 0 Å². The van der Waals surface area contributed by atoms with Crippen LogP contribution in [0.5, 0.6) is 0 Å². The molecule has 0 saturated heterocycles. The van der Waals surface area contributed by atoms with Crippen LogP contribution in [0.4, 0.5) is 0 Å². The van der Waals surface area contributed by atoms with Gasteiger partial charge in [-0.3, -0.25) is 4.90 Å². The largest absolute Gasteiger partial charge is 0.383 e. The third-order valence-electron chi connectivity index (χ3n) is 4.70. The molecular formula is C16H34N2O. The summed E-state index contributed by atoms with van der Waals surface area (Å²) in [7, 11) is 1.79. The van der Waals surface area contributed by atoms with E-state index in [1.54, 1.807) is 7.11 Å². The van der Waals surface area contributed by atoms with E-state index in [4.69, 9.17) is 10.5 Å². The van der Waals surface area contributed by atoms with Gasteiger partial charge in [0.25, 0.3) is 0 Å². The SMILES string of the molecule is CCC1CCCC(CN)(N(CCOC)CC(C)C)C1. The van der Waals surface area contributed by atoms with E-state index in [1.807, 2.05) is 0 Å². The Morgan fingerprint density at radius 2 is 2.16 bits per heavy atom. The molecule has 2 atom stereocenters. The van der Waals surface area contributed by atoms with E-state index < -0.39 is 0 Å². The molecule has 2 unspecified atom stereocenters. The molecule has 1 saturated carbocycles. The molecule has 1 aliphatic rings. The summed E-state index contributed by atoms with van der Waals surface area (Å²) in [5.74, 6) is 1.54. The Morgan fingerprint density at radius 1 is 1.42 bits per heavy atom. The van der Waals surface area contributed by atoms with Crippen molar-refractivity contribution in [3.05, 3.63) is 0 Å². The Hall–Kier alpha value is -0.120. The molecule has 0 spiro atoms. The van der Waals surface area contributed by atoms with E-state index in [9.17, 15) is 0 Å². The smallest absolute Gasteiger partial charge is 0.0589 e. The van der Waals surface area contributed by atoms with E-state index >= 15 is 0 Å². The lowest BCUT2D eigenvalue weighted by molar-refractivity contribution is 0.00875. The van der Waals surface area contributed by atoms with Crippen LogP contribution in [-0.2, 0) is 4.74 Å². The molecule has 0 aromatic heterocycles. The Bertz CT molecular complexity index is 245. The second kappa shape index (κ2) is 8.23. The summed E-state index contributed by atoms with van der Waals surface area (Å²) in [6.07, 6.45) is 6.55. The lowest BCUT2D eigenvalue weighted by Gasteiger charge is -2.49. The van der Waals surface area contributed by atoms with Crippen LogP contribution >= 0.6 is 0 Å². The van der Waals surface area contributed by atoms with Gasteiger partial charge in [0.05, 0.1) is 6.61 Å². The van der Waals surface area contributed by atoms with Crippen molar-refractivity contribution < 1.29 is 4.74 Å². The average molecular weight is 270 g/mol. The third-order valence-corrected chi connectivity index (χ3v) is 4.70. The summed E-state index contributed by atoms with van der Waals surface area (Å²) in [4.78, 5) is 2.63. The van der Waals surface area contributed by atoms with Gasteiger partial charge in [0, 0.05) is 32.3 Å². The summed E-state index contributed by atoms with van der Waals surface area (Å²) in [6.45, 7) is 10.7. The Labute approximate surface area is 119 Å². The second-order valence-corrected chi connectivity index (χ2v) is 6.63. The molecule has 0 heterocycles. The highest BCUT2D eigenvalue weighted by atomic mass is 16.5. The number of methoxy groups -OCH3 is 1. The summed E-state index contributed by atoms with van der Waals surface area (Å²) < 4.78 is 5.30. The van der Waals surface area contributed by atoms with E-state index in [2.05, 4.69) is 25.7 Å². The molecule has 0 bridgehead atoms. The number of rotatable bonds is 8. The number of nitrogens with two attached hydrogens (primary N) is 1. The fraction of sp³-hybridized carbons (Fsp3) is 1.00. The van der Waals surface area contributed by atoms with Crippen molar-refractivity contribution in [2.75, 3.05) is 33.4 Å². The van der Waals surface area contributed by atoms with Crippen molar-refractivity contribution in [1.82, 2.24) is 4.90 Å². The van der Waals surface area contributed by atoms with Gasteiger partial charge in [0.1, 0.15) is 0 Å². The normalized spacial score (nSPS) is 28.3. The van der Waals surface area contributed by atoms with Gasteiger partial charge in [-0.05, 0) is 24.7 Å². The Kier molecular flexibility index (Phi) is 7.33. The molecule has 3 nitrogen and oxygen atoms in total. The Morgan fingerprint density at radius 3 is 2.68 bits per heavy atom. The maximum absolute atomic E-state index is 6.22. The highest BCUT2D eigenvalue weighted by Crippen LogP contribution is 2.38. The molecular weight excluding hydrogens is 236 g/mol. The van der Waals surface area contributed by atoms with Crippen molar-refractivity contribution in [2.45, 2.75) is 58.4 Å². The van der Waals surface area contributed by atoms with Crippen LogP contribution in [0.15, 0.2) is 0 Å². The maximum Gasteiger partial charge on any atom is 0.0589 e. The lowest BCUT2D eigenvalue weighted by atomic mass is 9.73. The lowest BCUT2D eigenvalue weighted by Crippen LogP contribution is -2.58. The third kappa shape index (κ3) is 4.73. The first-order chi connectivity index (χ1) is 9.07. The van der Waals surface area contributed by atoms with Crippen LogP contribution in [0.2, 0.25) is 0 Å². The van der Waals surface area contributed by atoms with E-state index in [0.717, 1.165) is 32.2 Å². The monoisotopic (exact) mass is 270 g/mol. The van der Waals surface area contributed by atoms with Gasteiger partial charge in [0.2, 0.25) is 0 Å². The zero-order chi connectivity index (χ0) is 14.3. The number of ether oxygens (including phenoxy) is 1. The molecule has 0 amide bonds. The van der Waals surface area contributed by atoms with Crippen molar-refractivity contribution in [1.29, 1.82) is 0 Å². The molecule has 0 radical (unpaired) electrons. The fourth-order valence-corrected chi connectivity index (χ4v) is 3.58. The minimum absolute atomic E-state index is 0.224. The van der Waals surface area contributed by atoms with Gasteiger partial charge in [-0.25, -0.2) is 0 Å². The van der Waals surface area contributed by atoms with E-state index in [-0.39, 0.29) is 5.54 Å². The highest BCUT2D eigenvalue weighted by Gasteiger charge is 2.39. The minimum Gasteiger partial charge on any atom is -0.383 e. The molecule has 2 N–H and O–H groups in total. The van der Waals surface area contributed by atoms with Crippen LogP contribution in [0.3, 0.4) is 0 Å². The summed E-state index contributed by atoms with van der Waals surface area (Å²) in [6, 6.07) is 0. The molecule has 1 rings (SSSR count). The molecule has 1 aliphatic carbocycles. The molecule has 0 aliphatic heterocycles. The molecule has 19 heavy (non-hydrogen) atoms. The van der Waals surface area contributed by atoms with Crippen molar-refractivity contribution in [2.24, 2.45) is 17.6 Å². The van der Waals surface area contributed by atoms with Crippen LogP contribution in [0.1, 0.15) is 52.9 Å². The fourth-order valence-electron chi connectivity index (χ4n) is 3.58. The van der Waals surface area contributed by atoms with E-state index in [1.165, 1.54) is 32.1 Å². The van der Waals surface area contributed by atoms with Gasteiger partial charge >= 0.3 is 0 Å². The van der Waals surface area contributed by atoms with Gasteiger partial charge in [0.15, 0.2) is 0 Å². The summed E-state index contributed by atoms with van der Waals surface area (Å²) in [5, 5.41) is 0. The van der Waals surface area contributed by atoms with Crippen molar-refractivity contribution >= 4 is 0 Å². The second-order valence-electron chi connectivity index (χ2n) is 6.63. The first-order valence-corrected chi connectivity index (χ1v) is 8.02. The van der Waals surface area contributed by atoms with Crippen LogP contribution in [0.25, 0.3) is 0 Å². The predicted octanol–water partition coefficient (Wildman–Crippen LogP) is 2.89.